The van der Waals surface area contributed by atoms with E-state index in [1.54, 1.807) is 0 Å². The zero-order valence-corrected chi connectivity index (χ0v) is 24.4. The summed E-state index contributed by atoms with van der Waals surface area (Å²) in [5.41, 5.74) is 11.6. The Morgan fingerprint density at radius 1 is 0.568 bits per heavy atom. The number of anilines is 2. The molecule has 3 unspecified atom stereocenters. The SMILES string of the molecule is C1=CC2c3ccc(-c4ccc5c6ccccc6n(C6C=CC(c7ccccc7)=CC6)c5c4)cc3N(c3ccccc3)C2C=C1. The molecule has 6 aromatic rings. The van der Waals surface area contributed by atoms with Gasteiger partial charge in [0.15, 0.2) is 0 Å². The molecular formula is C42H32N2. The molecule has 3 aliphatic rings. The van der Waals surface area contributed by atoms with Gasteiger partial charge in [-0.25, -0.2) is 0 Å². The van der Waals surface area contributed by atoms with Crippen molar-refractivity contribution < 1.29 is 0 Å². The molecule has 2 nitrogen and oxygen atoms in total. The van der Waals surface area contributed by atoms with Crippen LogP contribution in [0.5, 0.6) is 0 Å². The molecule has 2 aliphatic carbocycles. The fourth-order valence-corrected chi connectivity index (χ4v) is 7.59. The summed E-state index contributed by atoms with van der Waals surface area (Å²) in [6.07, 6.45) is 17.1. The summed E-state index contributed by atoms with van der Waals surface area (Å²) in [5.74, 6) is 0.362. The summed E-state index contributed by atoms with van der Waals surface area (Å²) < 4.78 is 2.55. The first-order valence-electron chi connectivity index (χ1n) is 15.6. The fraction of sp³-hybridized carbons (Fsp3) is 0.0952. The lowest BCUT2D eigenvalue weighted by atomic mass is 9.90. The number of allylic oxidation sites excluding steroid dienone is 6. The summed E-state index contributed by atoms with van der Waals surface area (Å²) in [6, 6.07) is 45.1. The van der Waals surface area contributed by atoms with Gasteiger partial charge in [0.1, 0.15) is 0 Å². The second-order valence-corrected chi connectivity index (χ2v) is 12.1. The number of aromatic nitrogens is 1. The first kappa shape index (κ1) is 25.2. The van der Waals surface area contributed by atoms with E-state index in [1.807, 2.05) is 0 Å². The molecular weight excluding hydrogens is 532 g/mol. The molecule has 2 heterocycles. The van der Waals surface area contributed by atoms with Crippen molar-refractivity contribution in [3.8, 4) is 11.1 Å². The number of hydrogen-bond acceptors (Lipinski definition) is 1. The van der Waals surface area contributed by atoms with Crippen LogP contribution in [0.1, 0.15) is 29.5 Å². The van der Waals surface area contributed by atoms with Gasteiger partial charge in [-0.1, -0.05) is 134 Å². The normalized spacial score (nSPS) is 20.2. The molecule has 1 aromatic heterocycles. The van der Waals surface area contributed by atoms with Crippen LogP contribution < -0.4 is 4.90 Å². The van der Waals surface area contributed by atoms with Crippen LogP contribution in [0.15, 0.2) is 164 Å². The van der Waals surface area contributed by atoms with Crippen molar-refractivity contribution >= 4 is 38.8 Å². The highest BCUT2D eigenvalue weighted by Gasteiger charge is 2.37. The van der Waals surface area contributed by atoms with Gasteiger partial charge in [-0.05, 0) is 64.6 Å². The fourth-order valence-electron chi connectivity index (χ4n) is 7.59. The van der Waals surface area contributed by atoms with Gasteiger partial charge in [0.2, 0.25) is 0 Å². The monoisotopic (exact) mass is 564 g/mol. The summed E-state index contributed by atoms with van der Waals surface area (Å²) in [5, 5.41) is 2.62. The first-order chi connectivity index (χ1) is 21.8. The van der Waals surface area contributed by atoms with E-state index in [1.165, 1.54) is 61.0 Å². The number of rotatable bonds is 4. The number of fused-ring (bicyclic) bond motifs is 6. The molecule has 0 amide bonds. The Morgan fingerprint density at radius 3 is 2.14 bits per heavy atom. The quantitative estimate of drug-likeness (QED) is 0.207. The molecule has 9 rings (SSSR count). The van der Waals surface area contributed by atoms with Gasteiger partial charge in [-0.15, -0.1) is 0 Å². The van der Waals surface area contributed by atoms with E-state index in [9.17, 15) is 0 Å². The first-order valence-corrected chi connectivity index (χ1v) is 15.6. The van der Waals surface area contributed by atoms with Crippen LogP contribution in [0.2, 0.25) is 0 Å². The number of benzene rings is 5. The number of para-hydroxylation sites is 2. The molecule has 210 valence electrons. The second-order valence-electron chi connectivity index (χ2n) is 12.1. The summed E-state index contributed by atoms with van der Waals surface area (Å²) in [6.45, 7) is 0. The van der Waals surface area contributed by atoms with Gasteiger partial charge < -0.3 is 9.47 Å². The van der Waals surface area contributed by atoms with Crippen molar-refractivity contribution in [1.82, 2.24) is 4.57 Å². The van der Waals surface area contributed by atoms with Crippen LogP contribution in [0.3, 0.4) is 0 Å². The van der Waals surface area contributed by atoms with Crippen LogP contribution in [0, 0.1) is 0 Å². The van der Waals surface area contributed by atoms with E-state index < -0.39 is 0 Å². The van der Waals surface area contributed by atoms with Crippen molar-refractivity contribution in [2.45, 2.75) is 24.4 Å². The Labute approximate surface area is 258 Å². The zero-order chi connectivity index (χ0) is 29.0. The molecule has 0 saturated heterocycles. The maximum absolute atomic E-state index is 2.55. The summed E-state index contributed by atoms with van der Waals surface area (Å²) in [4.78, 5) is 2.52. The molecule has 0 N–H and O–H groups in total. The van der Waals surface area contributed by atoms with E-state index in [0.717, 1.165) is 6.42 Å². The third-order valence-corrected chi connectivity index (χ3v) is 9.65. The van der Waals surface area contributed by atoms with Crippen LogP contribution in [-0.2, 0) is 0 Å². The van der Waals surface area contributed by atoms with E-state index in [2.05, 4.69) is 173 Å². The van der Waals surface area contributed by atoms with Crippen molar-refractivity contribution in [3.05, 3.63) is 175 Å². The third-order valence-electron chi connectivity index (χ3n) is 9.65. The van der Waals surface area contributed by atoms with E-state index in [-0.39, 0.29) is 6.04 Å². The molecule has 0 bridgehead atoms. The van der Waals surface area contributed by atoms with Gasteiger partial charge in [-0.2, -0.15) is 0 Å². The Morgan fingerprint density at radius 2 is 1.30 bits per heavy atom. The van der Waals surface area contributed by atoms with E-state index in [4.69, 9.17) is 0 Å². The van der Waals surface area contributed by atoms with Crippen LogP contribution in [-0.4, -0.2) is 10.6 Å². The highest BCUT2D eigenvalue weighted by atomic mass is 15.2. The minimum atomic E-state index is 0.260. The lowest BCUT2D eigenvalue weighted by molar-refractivity contribution is 0.649. The van der Waals surface area contributed by atoms with Crippen LogP contribution in [0.4, 0.5) is 11.4 Å². The molecule has 0 radical (unpaired) electrons. The van der Waals surface area contributed by atoms with E-state index >= 15 is 0 Å². The maximum atomic E-state index is 2.55. The van der Waals surface area contributed by atoms with Crippen molar-refractivity contribution in [3.63, 3.8) is 0 Å². The lowest BCUT2D eigenvalue weighted by Gasteiger charge is -2.28. The Bertz CT molecular complexity index is 2160. The average molecular weight is 565 g/mol. The maximum Gasteiger partial charge on any atom is 0.0629 e. The molecule has 3 atom stereocenters. The van der Waals surface area contributed by atoms with Crippen LogP contribution in [0.25, 0.3) is 38.5 Å². The average Bonchev–Trinajstić information content (AvgIpc) is 3.61. The van der Waals surface area contributed by atoms with Crippen molar-refractivity contribution in [1.29, 1.82) is 0 Å². The molecule has 5 aromatic carbocycles. The van der Waals surface area contributed by atoms with Gasteiger partial charge in [0.25, 0.3) is 0 Å². The lowest BCUT2D eigenvalue weighted by Crippen LogP contribution is -2.28. The van der Waals surface area contributed by atoms with Gasteiger partial charge in [-0.3, -0.25) is 0 Å². The number of hydrogen-bond donors (Lipinski definition) is 0. The topological polar surface area (TPSA) is 8.17 Å². The molecule has 0 saturated carbocycles. The molecule has 1 aliphatic heterocycles. The summed E-state index contributed by atoms with van der Waals surface area (Å²) in [7, 11) is 0. The zero-order valence-electron chi connectivity index (χ0n) is 24.4. The predicted octanol–water partition coefficient (Wildman–Crippen LogP) is 10.8. The number of nitrogens with zero attached hydrogens (tertiary/aromatic N) is 2. The second kappa shape index (κ2) is 10.1. The highest BCUT2D eigenvalue weighted by Crippen LogP contribution is 2.49. The standard InChI is InChI=1S/C42H32N2/c1-3-11-29(12-4-1)30-19-23-34(24-20-30)44-40-18-10-8-16-36(40)38-26-22-32(28-42(38)44)31-21-25-37-35-15-7-9-17-39(35)43(41(37)27-31)33-13-5-2-6-14-33/h1-23,25-28,34-35,39H,24H2. The minimum Gasteiger partial charge on any atom is -0.333 e. The van der Waals surface area contributed by atoms with Crippen molar-refractivity contribution in [2.24, 2.45) is 0 Å². The van der Waals surface area contributed by atoms with Crippen molar-refractivity contribution in [2.75, 3.05) is 4.90 Å². The largest absolute Gasteiger partial charge is 0.333 e. The van der Waals surface area contributed by atoms with Crippen LogP contribution >= 0.6 is 0 Å². The van der Waals surface area contributed by atoms with E-state index in [0.29, 0.717) is 12.0 Å². The molecule has 44 heavy (non-hydrogen) atoms. The third kappa shape index (κ3) is 3.95. The molecule has 2 heteroatoms. The van der Waals surface area contributed by atoms with Gasteiger partial charge in [0, 0.05) is 33.6 Å². The highest BCUT2D eigenvalue weighted by molar-refractivity contribution is 6.09. The predicted molar refractivity (Wildman–Crippen MR) is 185 cm³/mol. The molecule has 0 fully saturated rings. The Balaban J connectivity index is 1.16. The van der Waals surface area contributed by atoms with Gasteiger partial charge in [0.05, 0.1) is 17.6 Å². The Hall–Kier alpha value is -5.34. The summed E-state index contributed by atoms with van der Waals surface area (Å²) >= 11 is 0. The Kier molecular flexibility index (Phi) is 5.80. The minimum absolute atomic E-state index is 0.260. The van der Waals surface area contributed by atoms with Gasteiger partial charge >= 0.3 is 0 Å². The smallest absolute Gasteiger partial charge is 0.0629 e. The molecule has 0 spiro atoms.